The molecule has 0 nitrogen and oxygen atoms in total. The van der Waals surface area contributed by atoms with Crippen LogP contribution >= 0.6 is 0 Å². The summed E-state index contributed by atoms with van der Waals surface area (Å²) in [6.45, 7) is 14.0. The summed E-state index contributed by atoms with van der Waals surface area (Å²) in [6.07, 6.45) is 0. The average Bonchev–Trinajstić information content (AvgIpc) is 1.25. The van der Waals surface area contributed by atoms with Crippen LogP contribution in [0.4, 0.5) is 0 Å². The maximum Gasteiger partial charge on any atom is -0.0445 e. The second-order valence-corrected chi connectivity index (χ2v) is 2.94. The fraction of sp³-hybridized carbons (Fsp3) is 0.778. The quantitative estimate of drug-likeness (QED) is 0.436. The molecule has 0 atom stereocenters. The van der Waals surface area contributed by atoms with E-state index in [9.17, 15) is 0 Å². The molecule has 0 aliphatic rings. The molecule has 0 heteroatoms. The summed E-state index contributed by atoms with van der Waals surface area (Å²) in [4.78, 5) is 0. The molecule has 0 fully saturated rings. The standard InChI is InChI=1S/C4H10.C4H8.CH4/c2*1-4(2)3;/h4H,1-3H3;1H2,2-3H3;1H4. The molecule has 9 heavy (non-hydrogen) atoms. The summed E-state index contributed by atoms with van der Waals surface area (Å²) < 4.78 is 0. The lowest BCUT2D eigenvalue weighted by molar-refractivity contribution is 0.737. The lowest BCUT2D eigenvalue weighted by Crippen LogP contribution is -1.66. The van der Waals surface area contributed by atoms with Crippen molar-refractivity contribution in [3.63, 3.8) is 0 Å². The third-order valence-corrected chi connectivity index (χ3v) is 0. The van der Waals surface area contributed by atoms with Crippen molar-refractivity contribution in [3.8, 4) is 0 Å². The Balaban J connectivity index is -0.0000000720. The van der Waals surface area contributed by atoms with Gasteiger partial charge in [-0.15, -0.1) is 6.58 Å². The summed E-state index contributed by atoms with van der Waals surface area (Å²) in [5, 5.41) is 0. The Labute approximate surface area is 61.0 Å². The van der Waals surface area contributed by atoms with Crippen molar-refractivity contribution in [2.45, 2.75) is 42.0 Å². The molecule has 58 valence electrons. The van der Waals surface area contributed by atoms with Gasteiger partial charge in [-0.2, -0.15) is 0 Å². The van der Waals surface area contributed by atoms with E-state index in [4.69, 9.17) is 0 Å². The van der Waals surface area contributed by atoms with Crippen LogP contribution in [0.1, 0.15) is 42.0 Å². The number of hydrogen-bond donors (Lipinski definition) is 0. The van der Waals surface area contributed by atoms with Crippen LogP contribution in [0.5, 0.6) is 0 Å². The normalized spacial score (nSPS) is 6.89. The van der Waals surface area contributed by atoms with Crippen molar-refractivity contribution in [2.24, 2.45) is 5.92 Å². The second kappa shape index (κ2) is 10.7. The van der Waals surface area contributed by atoms with E-state index in [0.717, 1.165) is 5.92 Å². The zero-order valence-electron chi connectivity index (χ0n) is 6.78. The minimum absolute atomic E-state index is 0. The zero-order chi connectivity index (χ0) is 7.15. The van der Waals surface area contributed by atoms with E-state index < -0.39 is 0 Å². The van der Waals surface area contributed by atoms with Gasteiger partial charge in [-0.25, -0.2) is 0 Å². The summed E-state index contributed by atoms with van der Waals surface area (Å²) in [5.74, 6) is 0.833. The van der Waals surface area contributed by atoms with Gasteiger partial charge >= 0.3 is 0 Å². The predicted molar refractivity (Wildman–Crippen MR) is 47.7 cm³/mol. The van der Waals surface area contributed by atoms with Gasteiger partial charge in [-0.1, -0.05) is 33.8 Å². The van der Waals surface area contributed by atoms with Crippen LogP contribution < -0.4 is 0 Å². The van der Waals surface area contributed by atoms with Gasteiger partial charge in [-0.3, -0.25) is 0 Å². The summed E-state index contributed by atoms with van der Waals surface area (Å²) in [6, 6.07) is 0. The first-order valence-electron chi connectivity index (χ1n) is 3.09. The van der Waals surface area contributed by atoms with E-state index in [-0.39, 0.29) is 7.43 Å². The number of allylic oxidation sites excluding steroid dienone is 1. The maximum atomic E-state index is 3.56. The molecule has 0 unspecified atom stereocenters. The molecular formula is C9H22. The van der Waals surface area contributed by atoms with E-state index in [1.807, 2.05) is 13.8 Å². The van der Waals surface area contributed by atoms with E-state index in [2.05, 4.69) is 27.4 Å². The van der Waals surface area contributed by atoms with Crippen molar-refractivity contribution < 1.29 is 0 Å². The van der Waals surface area contributed by atoms with Crippen molar-refractivity contribution in [2.75, 3.05) is 0 Å². The molecule has 0 aromatic heterocycles. The topological polar surface area (TPSA) is 0 Å². The van der Waals surface area contributed by atoms with Crippen LogP contribution in [0.3, 0.4) is 0 Å². The van der Waals surface area contributed by atoms with Gasteiger partial charge < -0.3 is 0 Å². The van der Waals surface area contributed by atoms with Crippen molar-refractivity contribution in [1.29, 1.82) is 0 Å². The summed E-state index contributed by atoms with van der Waals surface area (Å²) in [7, 11) is 0. The fourth-order valence-electron chi connectivity index (χ4n) is 0. The molecule has 0 saturated heterocycles. The third kappa shape index (κ3) is 3770. The van der Waals surface area contributed by atoms with Crippen LogP contribution in [-0.4, -0.2) is 0 Å². The van der Waals surface area contributed by atoms with E-state index in [0.29, 0.717) is 0 Å². The minimum atomic E-state index is 0. The lowest BCUT2D eigenvalue weighted by Gasteiger charge is -1.79. The maximum absolute atomic E-state index is 3.56. The zero-order valence-corrected chi connectivity index (χ0v) is 6.78. The van der Waals surface area contributed by atoms with Crippen LogP contribution in [0.25, 0.3) is 0 Å². The van der Waals surface area contributed by atoms with Gasteiger partial charge in [0.15, 0.2) is 0 Å². The Kier molecular flexibility index (Phi) is 18.8. The Morgan fingerprint density at radius 2 is 1.11 bits per heavy atom. The Morgan fingerprint density at radius 3 is 1.11 bits per heavy atom. The molecular weight excluding hydrogens is 108 g/mol. The molecule has 0 aliphatic carbocycles. The van der Waals surface area contributed by atoms with Gasteiger partial charge in [0.1, 0.15) is 0 Å². The van der Waals surface area contributed by atoms with Gasteiger partial charge in [0.2, 0.25) is 0 Å². The van der Waals surface area contributed by atoms with Crippen LogP contribution in [0.15, 0.2) is 12.2 Å². The average molecular weight is 130 g/mol. The first-order chi connectivity index (χ1) is 3.46. The molecule has 0 spiro atoms. The molecule has 0 bridgehead atoms. The predicted octanol–water partition coefficient (Wildman–Crippen LogP) is 3.88. The van der Waals surface area contributed by atoms with Crippen LogP contribution in [-0.2, 0) is 0 Å². The lowest BCUT2D eigenvalue weighted by atomic mass is 10.3. The van der Waals surface area contributed by atoms with Gasteiger partial charge in [-0.05, 0) is 19.8 Å². The largest absolute Gasteiger partial charge is 0.100 e. The molecule has 0 heterocycles. The molecule has 0 aliphatic heterocycles. The van der Waals surface area contributed by atoms with Crippen molar-refractivity contribution >= 4 is 0 Å². The number of rotatable bonds is 0. The summed E-state index contributed by atoms with van der Waals surface area (Å²) in [5.41, 5.74) is 1.17. The molecule has 0 N–H and O–H groups in total. The molecule has 0 radical (unpaired) electrons. The Hall–Kier alpha value is -0.260. The highest BCUT2D eigenvalue weighted by atomic mass is 13.7. The molecule has 0 aromatic carbocycles. The van der Waals surface area contributed by atoms with Crippen molar-refractivity contribution in [1.82, 2.24) is 0 Å². The summed E-state index contributed by atoms with van der Waals surface area (Å²) >= 11 is 0. The Morgan fingerprint density at radius 1 is 1.11 bits per heavy atom. The molecule has 0 saturated carbocycles. The minimum Gasteiger partial charge on any atom is -0.100 e. The van der Waals surface area contributed by atoms with Gasteiger partial charge in [0, 0.05) is 0 Å². The first kappa shape index (κ1) is 15.9. The number of hydrogen-bond acceptors (Lipinski definition) is 0. The second-order valence-electron chi connectivity index (χ2n) is 2.94. The molecule has 0 aromatic rings. The smallest absolute Gasteiger partial charge is 0.0445 e. The fourth-order valence-corrected chi connectivity index (χ4v) is 0. The SMILES string of the molecule is C.C=C(C)C.CC(C)C. The highest BCUT2D eigenvalue weighted by Crippen LogP contribution is 1.81. The van der Waals surface area contributed by atoms with Gasteiger partial charge in [0.25, 0.3) is 0 Å². The van der Waals surface area contributed by atoms with Crippen LogP contribution in [0, 0.1) is 5.92 Å². The van der Waals surface area contributed by atoms with E-state index >= 15 is 0 Å². The van der Waals surface area contributed by atoms with E-state index in [1.165, 1.54) is 5.57 Å². The van der Waals surface area contributed by atoms with Crippen molar-refractivity contribution in [3.05, 3.63) is 12.2 Å². The highest BCUT2D eigenvalue weighted by molar-refractivity contribution is 4.78. The highest BCUT2D eigenvalue weighted by Gasteiger charge is 1.68. The first-order valence-corrected chi connectivity index (χ1v) is 3.09. The monoisotopic (exact) mass is 130 g/mol. The molecule has 0 rings (SSSR count). The third-order valence-electron chi connectivity index (χ3n) is 0. The van der Waals surface area contributed by atoms with Gasteiger partial charge in [0.05, 0.1) is 0 Å². The van der Waals surface area contributed by atoms with Crippen LogP contribution in [0.2, 0.25) is 0 Å². The van der Waals surface area contributed by atoms with E-state index in [1.54, 1.807) is 0 Å². The molecule has 0 amide bonds. The Bertz CT molecular complexity index is 44.3.